The van der Waals surface area contributed by atoms with Gasteiger partial charge in [0, 0.05) is 12.6 Å². The maximum Gasteiger partial charge on any atom is 0.410 e. The number of carboxylic acid groups (broad SMARTS) is 2. The SMILES string of the molecule is C#CCOCCOCCOCCOCCN(C(=O)OC(C)(C)C)C1C[C@@H](C(=O)N[C@@H](CCCC)C(=O)O)[C@H](C(=O)N[C@@H](CCCC)C(=O)O)C1. The Morgan fingerprint density at radius 1 is 0.760 bits per heavy atom. The van der Waals surface area contributed by atoms with Gasteiger partial charge < -0.3 is 49.4 Å². The average molecular weight is 714 g/mol. The van der Waals surface area contributed by atoms with Crippen LogP contribution in [0.15, 0.2) is 0 Å². The first-order valence-corrected chi connectivity index (χ1v) is 17.6. The van der Waals surface area contributed by atoms with E-state index in [1.807, 2.05) is 13.8 Å². The summed E-state index contributed by atoms with van der Waals surface area (Å²) in [6.07, 6.45) is 7.53. The molecule has 1 aliphatic rings. The molecule has 1 aliphatic carbocycles. The minimum Gasteiger partial charge on any atom is -0.480 e. The number of nitrogens with zero attached hydrogens (tertiary/aromatic N) is 1. The molecule has 0 aromatic rings. The lowest BCUT2D eigenvalue weighted by Gasteiger charge is -2.32. The van der Waals surface area contributed by atoms with E-state index in [4.69, 9.17) is 30.1 Å². The average Bonchev–Trinajstić information content (AvgIpc) is 3.49. The lowest BCUT2D eigenvalue weighted by atomic mass is 9.93. The van der Waals surface area contributed by atoms with Gasteiger partial charge in [-0.25, -0.2) is 14.4 Å². The first kappa shape index (κ1) is 44.6. The van der Waals surface area contributed by atoms with Crippen LogP contribution in [-0.4, -0.2) is 128 Å². The molecule has 286 valence electrons. The molecule has 0 heterocycles. The molecule has 0 radical (unpaired) electrons. The van der Waals surface area contributed by atoms with E-state index < -0.39 is 65.4 Å². The second-order valence-electron chi connectivity index (χ2n) is 13.2. The summed E-state index contributed by atoms with van der Waals surface area (Å²) in [4.78, 5) is 66.0. The summed E-state index contributed by atoms with van der Waals surface area (Å²) in [6, 6.07) is -2.96. The molecule has 0 saturated heterocycles. The van der Waals surface area contributed by atoms with E-state index in [1.54, 1.807) is 20.8 Å². The Balaban J connectivity index is 3.04. The van der Waals surface area contributed by atoms with Crippen molar-refractivity contribution in [3.05, 3.63) is 0 Å². The summed E-state index contributed by atoms with van der Waals surface area (Å²) in [5.41, 5.74) is -0.840. The fraction of sp³-hybridized carbons (Fsp3) is 0.800. The van der Waals surface area contributed by atoms with E-state index in [9.17, 15) is 34.2 Å². The molecule has 3 amide bonds. The van der Waals surface area contributed by atoms with Crippen LogP contribution in [0.3, 0.4) is 0 Å². The largest absolute Gasteiger partial charge is 0.480 e. The lowest BCUT2D eigenvalue weighted by molar-refractivity contribution is -0.145. The summed E-state index contributed by atoms with van der Waals surface area (Å²) in [6.45, 7) is 11.4. The van der Waals surface area contributed by atoms with E-state index in [1.165, 1.54) is 4.90 Å². The molecular weight excluding hydrogens is 654 g/mol. The number of amides is 3. The number of carboxylic acids is 2. The van der Waals surface area contributed by atoms with Crippen LogP contribution < -0.4 is 10.6 Å². The monoisotopic (exact) mass is 713 g/mol. The van der Waals surface area contributed by atoms with Gasteiger partial charge in [-0.15, -0.1) is 6.42 Å². The number of aliphatic carboxylic acids is 2. The Labute approximate surface area is 296 Å². The van der Waals surface area contributed by atoms with Gasteiger partial charge in [0.1, 0.15) is 24.3 Å². The van der Waals surface area contributed by atoms with Crippen molar-refractivity contribution in [1.82, 2.24) is 15.5 Å². The number of nitrogens with one attached hydrogen (secondary N) is 2. The zero-order valence-corrected chi connectivity index (χ0v) is 30.4. The molecule has 1 saturated carbocycles. The van der Waals surface area contributed by atoms with Crippen molar-refractivity contribution in [2.45, 2.75) is 110 Å². The molecule has 1 rings (SSSR count). The predicted molar refractivity (Wildman–Crippen MR) is 183 cm³/mol. The van der Waals surface area contributed by atoms with Crippen molar-refractivity contribution < 1.29 is 57.9 Å². The second kappa shape index (κ2) is 24.7. The lowest BCUT2D eigenvalue weighted by Crippen LogP contribution is -2.48. The molecule has 0 unspecified atom stereocenters. The van der Waals surface area contributed by atoms with E-state index in [2.05, 4.69) is 16.6 Å². The Morgan fingerprint density at radius 2 is 1.18 bits per heavy atom. The summed E-state index contributed by atoms with van der Waals surface area (Å²) < 4.78 is 27.4. The van der Waals surface area contributed by atoms with Crippen LogP contribution in [0.25, 0.3) is 0 Å². The molecule has 4 N–H and O–H groups in total. The van der Waals surface area contributed by atoms with Gasteiger partial charge in [0.2, 0.25) is 11.8 Å². The highest BCUT2D eigenvalue weighted by atomic mass is 16.6. The van der Waals surface area contributed by atoms with Crippen LogP contribution in [0, 0.1) is 24.2 Å². The molecule has 1 fully saturated rings. The van der Waals surface area contributed by atoms with Gasteiger partial charge >= 0.3 is 18.0 Å². The highest BCUT2D eigenvalue weighted by molar-refractivity contribution is 5.92. The normalized spacial score (nSPS) is 17.4. The summed E-state index contributed by atoms with van der Waals surface area (Å²) in [7, 11) is 0. The summed E-state index contributed by atoms with van der Waals surface area (Å²) >= 11 is 0. The van der Waals surface area contributed by atoms with Crippen molar-refractivity contribution in [1.29, 1.82) is 0 Å². The van der Waals surface area contributed by atoms with E-state index in [0.717, 1.165) is 12.8 Å². The smallest absolute Gasteiger partial charge is 0.410 e. The molecule has 50 heavy (non-hydrogen) atoms. The Kier molecular flexibility index (Phi) is 22.0. The maximum absolute atomic E-state index is 13.6. The van der Waals surface area contributed by atoms with Crippen LogP contribution in [-0.2, 0) is 42.9 Å². The fourth-order valence-electron chi connectivity index (χ4n) is 5.43. The maximum atomic E-state index is 13.6. The van der Waals surface area contributed by atoms with E-state index in [0.29, 0.717) is 39.3 Å². The zero-order valence-electron chi connectivity index (χ0n) is 30.4. The molecule has 4 atom stereocenters. The molecule has 0 aromatic carbocycles. The topological polar surface area (TPSA) is 199 Å². The first-order chi connectivity index (χ1) is 23.7. The third-order valence-electron chi connectivity index (χ3n) is 7.98. The van der Waals surface area contributed by atoms with Crippen LogP contribution >= 0.6 is 0 Å². The second-order valence-corrected chi connectivity index (χ2v) is 13.2. The predicted octanol–water partition coefficient (Wildman–Crippen LogP) is 2.84. The third-order valence-corrected chi connectivity index (χ3v) is 7.98. The Hall–Kier alpha value is -3.45. The molecule has 0 bridgehead atoms. The highest BCUT2D eigenvalue weighted by Gasteiger charge is 2.47. The number of carbonyl (C=O) groups excluding carboxylic acids is 3. The molecular formula is C35H59N3O12. The van der Waals surface area contributed by atoms with E-state index >= 15 is 0 Å². The molecule has 0 aliphatic heterocycles. The number of unbranched alkanes of at least 4 members (excludes halogenated alkanes) is 2. The molecule has 15 heteroatoms. The van der Waals surface area contributed by atoms with Gasteiger partial charge in [-0.05, 0) is 46.5 Å². The van der Waals surface area contributed by atoms with Gasteiger partial charge in [0.15, 0.2) is 0 Å². The van der Waals surface area contributed by atoms with Crippen molar-refractivity contribution in [3.63, 3.8) is 0 Å². The van der Waals surface area contributed by atoms with Gasteiger partial charge in [0.25, 0.3) is 0 Å². The van der Waals surface area contributed by atoms with Crippen LogP contribution in [0.2, 0.25) is 0 Å². The van der Waals surface area contributed by atoms with Gasteiger partial charge in [-0.1, -0.05) is 45.5 Å². The minimum absolute atomic E-state index is 0.0346. The molecule has 0 spiro atoms. The van der Waals surface area contributed by atoms with Gasteiger partial charge in [-0.2, -0.15) is 0 Å². The highest BCUT2D eigenvalue weighted by Crippen LogP contribution is 2.36. The van der Waals surface area contributed by atoms with Crippen molar-refractivity contribution in [2.24, 2.45) is 11.8 Å². The third kappa shape index (κ3) is 18.0. The number of hydrogen-bond donors (Lipinski definition) is 4. The first-order valence-electron chi connectivity index (χ1n) is 17.6. The molecule has 15 nitrogen and oxygen atoms in total. The fourth-order valence-corrected chi connectivity index (χ4v) is 5.43. The molecule has 0 aromatic heterocycles. The van der Waals surface area contributed by atoms with Crippen molar-refractivity contribution >= 4 is 29.8 Å². The Morgan fingerprint density at radius 3 is 1.56 bits per heavy atom. The van der Waals surface area contributed by atoms with Crippen molar-refractivity contribution in [2.75, 3.05) is 59.4 Å². The van der Waals surface area contributed by atoms with Crippen LogP contribution in [0.5, 0.6) is 0 Å². The summed E-state index contributed by atoms with van der Waals surface area (Å²) in [5, 5.41) is 24.6. The number of ether oxygens (including phenoxy) is 5. The van der Waals surface area contributed by atoms with E-state index in [-0.39, 0.29) is 58.7 Å². The van der Waals surface area contributed by atoms with Gasteiger partial charge in [-0.3, -0.25) is 9.59 Å². The number of terminal acetylenes is 1. The minimum atomic E-state index is -1.19. The summed E-state index contributed by atoms with van der Waals surface area (Å²) in [5.74, 6) is -3.33. The Bertz CT molecular complexity index is 1040. The van der Waals surface area contributed by atoms with Crippen LogP contribution in [0.1, 0.15) is 86.0 Å². The standard InChI is InChI=1S/C35H59N3O12/c1-7-10-12-28(32(41)42)36-30(39)26-23-25(24-27(26)31(40)37-29(33(43)44)13-11-8-2)38(34(45)50-35(4,5)6)14-16-47-18-20-49-22-21-48-19-17-46-15-9-3/h3,25-29H,7-8,10-24H2,1-2,4-6H3,(H,36,39)(H,37,40)(H,41,42)(H,43,44)/t26-,27-,28+,29+/m1/s1. The van der Waals surface area contributed by atoms with Crippen LogP contribution in [0.4, 0.5) is 4.79 Å². The quantitative estimate of drug-likeness (QED) is 0.0756. The van der Waals surface area contributed by atoms with Gasteiger partial charge in [0.05, 0.1) is 58.1 Å². The number of carbonyl (C=O) groups is 5. The number of hydrogen-bond acceptors (Lipinski definition) is 10. The zero-order chi connectivity index (χ0) is 37.5. The number of rotatable bonds is 26. The van der Waals surface area contributed by atoms with Crippen molar-refractivity contribution in [3.8, 4) is 12.3 Å².